The highest BCUT2D eigenvalue weighted by Gasteiger charge is 2.37. The molecule has 7 nitrogen and oxygen atoms in total. The Hall–Kier alpha value is -1.89. The van der Waals surface area contributed by atoms with Crippen LogP contribution in [-0.4, -0.2) is 46.0 Å². The van der Waals surface area contributed by atoms with Crippen molar-refractivity contribution in [1.29, 1.82) is 0 Å². The Morgan fingerprint density at radius 1 is 1.00 bits per heavy atom. The Kier molecular flexibility index (Phi) is 7.31. The molecule has 3 fully saturated rings. The molecular weight excluding hydrogens is 394 g/mol. The van der Waals surface area contributed by atoms with Crippen molar-refractivity contribution in [3.05, 3.63) is 11.8 Å². The van der Waals surface area contributed by atoms with Crippen molar-refractivity contribution in [2.75, 3.05) is 18.1 Å². The quantitative estimate of drug-likeness (QED) is 0.676. The number of rotatable bonds is 5. The number of carbonyl (C=O) groups is 2. The van der Waals surface area contributed by atoms with Gasteiger partial charge in [-0.3, -0.25) is 14.4 Å². The number of anilines is 1. The molecule has 2 saturated carbocycles. The smallest absolute Gasteiger partial charge is 0.341 e. The first kappa shape index (κ1) is 22.3. The zero-order valence-corrected chi connectivity index (χ0v) is 18.8. The largest absolute Gasteiger partial charge is 0.477 e. The molecule has 1 aromatic heterocycles. The van der Waals surface area contributed by atoms with Gasteiger partial charge in [0.1, 0.15) is 5.56 Å². The number of carboxylic acids is 1. The molecule has 31 heavy (non-hydrogen) atoms. The molecule has 1 aromatic rings. The van der Waals surface area contributed by atoms with Crippen molar-refractivity contribution in [2.24, 2.45) is 11.8 Å². The Labute approximate surface area is 185 Å². The van der Waals surface area contributed by atoms with Crippen LogP contribution in [0.2, 0.25) is 0 Å². The van der Waals surface area contributed by atoms with Crippen molar-refractivity contribution < 1.29 is 19.4 Å². The molecule has 3 aliphatic rings. The lowest BCUT2D eigenvalue weighted by molar-refractivity contribution is -0.124. The lowest BCUT2D eigenvalue weighted by Crippen LogP contribution is -2.47. The summed E-state index contributed by atoms with van der Waals surface area (Å²) in [4.78, 5) is 27.7. The Balaban J connectivity index is 1.67. The minimum Gasteiger partial charge on any atom is -0.477 e. The fraction of sp³-hybridized carbons (Fsp3) is 0.792. The summed E-state index contributed by atoms with van der Waals surface area (Å²) in [5.74, 6) is 0.0324. The number of amides is 1. The molecule has 0 spiro atoms. The highest BCUT2D eigenvalue weighted by atomic mass is 16.5. The predicted molar refractivity (Wildman–Crippen MR) is 118 cm³/mol. The van der Waals surface area contributed by atoms with Crippen LogP contribution in [-0.2, 0) is 9.53 Å². The van der Waals surface area contributed by atoms with E-state index in [1.54, 1.807) is 11.1 Å². The molecule has 2 aliphatic carbocycles. The molecule has 2 heterocycles. The predicted octanol–water partition coefficient (Wildman–Crippen LogP) is 4.81. The molecule has 1 N–H and O–H groups in total. The van der Waals surface area contributed by atoms with Gasteiger partial charge in [-0.25, -0.2) is 4.79 Å². The summed E-state index contributed by atoms with van der Waals surface area (Å²) in [6.07, 6.45) is 13.8. The molecule has 0 bridgehead atoms. The average Bonchev–Trinajstić information content (AvgIpc) is 3.02. The number of carboxylic acid groups (broad SMARTS) is 1. The number of aromatic nitrogens is 2. The van der Waals surface area contributed by atoms with Gasteiger partial charge in [0.25, 0.3) is 0 Å². The number of hydrogen-bond acceptors (Lipinski definition) is 4. The van der Waals surface area contributed by atoms with E-state index in [1.807, 2.05) is 4.68 Å². The molecule has 0 aromatic carbocycles. The van der Waals surface area contributed by atoms with Gasteiger partial charge in [0.05, 0.1) is 6.04 Å². The van der Waals surface area contributed by atoms with Crippen molar-refractivity contribution in [3.63, 3.8) is 0 Å². The van der Waals surface area contributed by atoms with Crippen LogP contribution in [0, 0.1) is 11.8 Å². The van der Waals surface area contributed by atoms with E-state index >= 15 is 0 Å². The Bertz CT molecular complexity index is 755. The van der Waals surface area contributed by atoms with Gasteiger partial charge in [0, 0.05) is 31.4 Å². The summed E-state index contributed by atoms with van der Waals surface area (Å²) in [6.45, 7) is 3.44. The number of carbonyl (C=O) groups excluding carboxylic acids is 1. The van der Waals surface area contributed by atoms with Crippen molar-refractivity contribution >= 4 is 17.7 Å². The second-order valence-electron chi connectivity index (χ2n) is 9.81. The summed E-state index contributed by atoms with van der Waals surface area (Å²) in [6, 6.07) is 0.174. The fourth-order valence-electron chi connectivity index (χ4n) is 5.52. The molecule has 7 heteroatoms. The van der Waals surface area contributed by atoms with Crippen molar-refractivity contribution in [2.45, 2.75) is 96.1 Å². The molecular formula is C24H37N3O4. The molecule has 1 saturated heterocycles. The normalized spacial score (nSPS) is 26.4. The van der Waals surface area contributed by atoms with E-state index in [1.165, 1.54) is 12.8 Å². The standard InChI is InChI=1S/C24H37N3O4/c1-17-8-10-18(11-9-17)23(28)27(20-12-14-31-15-13-20)22-21(24(29)30)16-26(25-22)19-6-4-2-3-5-7-19/h16-20H,2-15H2,1H3,(H,29,30). The van der Waals surface area contributed by atoms with Crippen LogP contribution in [0.15, 0.2) is 6.20 Å². The van der Waals surface area contributed by atoms with Gasteiger partial charge in [0.15, 0.2) is 5.82 Å². The summed E-state index contributed by atoms with van der Waals surface area (Å²) in [5, 5.41) is 14.8. The van der Waals surface area contributed by atoms with Gasteiger partial charge in [-0.15, -0.1) is 0 Å². The van der Waals surface area contributed by atoms with E-state index in [9.17, 15) is 14.7 Å². The number of ether oxygens (including phenoxy) is 1. The molecule has 4 rings (SSSR count). The Morgan fingerprint density at radius 2 is 1.65 bits per heavy atom. The first-order valence-electron chi connectivity index (χ1n) is 12.3. The molecule has 0 unspecified atom stereocenters. The molecule has 172 valence electrons. The van der Waals surface area contributed by atoms with Gasteiger partial charge < -0.3 is 9.84 Å². The summed E-state index contributed by atoms with van der Waals surface area (Å²) in [5.41, 5.74) is 0.160. The second-order valence-corrected chi connectivity index (χ2v) is 9.81. The van der Waals surface area contributed by atoms with Crippen LogP contribution in [0.4, 0.5) is 5.82 Å². The van der Waals surface area contributed by atoms with Gasteiger partial charge in [-0.2, -0.15) is 5.10 Å². The third-order valence-corrected chi connectivity index (χ3v) is 7.53. The van der Waals surface area contributed by atoms with Crippen LogP contribution in [0.3, 0.4) is 0 Å². The highest BCUT2D eigenvalue weighted by Crippen LogP contribution is 2.35. The Morgan fingerprint density at radius 3 is 2.26 bits per heavy atom. The maximum absolute atomic E-state index is 13.8. The van der Waals surface area contributed by atoms with Crippen LogP contribution in [0.5, 0.6) is 0 Å². The summed E-state index contributed by atoms with van der Waals surface area (Å²) < 4.78 is 7.39. The lowest BCUT2D eigenvalue weighted by Gasteiger charge is -2.37. The number of aromatic carboxylic acids is 1. The lowest BCUT2D eigenvalue weighted by atomic mass is 9.82. The van der Waals surface area contributed by atoms with E-state index in [0.29, 0.717) is 24.9 Å². The van der Waals surface area contributed by atoms with Gasteiger partial charge >= 0.3 is 5.97 Å². The second kappa shape index (κ2) is 10.2. The first-order chi connectivity index (χ1) is 15.0. The van der Waals surface area contributed by atoms with Crippen molar-refractivity contribution in [1.82, 2.24) is 9.78 Å². The summed E-state index contributed by atoms with van der Waals surface area (Å²) >= 11 is 0. The zero-order valence-electron chi connectivity index (χ0n) is 18.8. The van der Waals surface area contributed by atoms with E-state index in [0.717, 1.165) is 64.2 Å². The third kappa shape index (κ3) is 5.13. The fourth-order valence-corrected chi connectivity index (χ4v) is 5.52. The number of nitrogens with zero attached hydrogens (tertiary/aromatic N) is 3. The van der Waals surface area contributed by atoms with E-state index < -0.39 is 5.97 Å². The van der Waals surface area contributed by atoms with E-state index in [4.69, 9.17) is 9.84 Å². The van der Waals surface area contributed by atoms with Crippen molar-refractivity contribution in [3.8, 4) is 0 Å². The first-order valence-corrected chi connectivity index (χ1v) is 12.3. The SMILES string of the molecule is CC1CCC(C(=O)N(c2nn(C3CCCCCC3)cc2C(=O)O)C2CCOCC2)CC1. The molecule has 0 atom stereocenters. The van der Waals surface area contributed by atoms with Crippen LogP contribution in [0.1, 0.15) is 100 Å². The topological polar surface area (TPSA) is 84.7 Å². The van der Waals surface area contributed by atoms with E-state index in [2.05, 4.69) is 6.92 Å². The zero-order chi connectivity index (χ0) is 21.8. The van der Waals surface area contributed by atoms with Crippen LogP contribution < -0.4 is 4.90 Å². The van der Waals surface area contributed by atoms with Gasteiger partial charge in [-0.05, 0) is 57.3 Å². The highest BCUT2D eigenvalue weighted by molar-refractivity contribution is 6.01. The third-order valence-electron chi connectivity index (χ3n) is 7.53. The number of hydrogen-bond donors (Lipinski definition) is 1. The minimum absolute atomic E-state index is 0.0382. The monoisotopic (exact) mass is 431 g/mol. The summed E-state index contributed by atoms with van der Waals surface area (Å²) in [7, 11) is 0. The molecule has 1 amide bonds. The van der Waals surface area contributed by atoms with E-state index in [-0.39, 0.29) is 29.5 Å². The molecule has 0 radical (unpaired) electrons. The maximum Gasteiger partial charge on any atom is 0.341 e. The van der Waals surface area contributed by atoms with Gasteiger partial charge in [-0.1, -0.05) is 32.6 Å². The van der Waals surface area contributed by atoms with Crippen LogP contribution >= 0.6 is 0 Å². The minimum atomic E-state index is -1.00. The molecule has 1 aliphatic heterocycles. The van der Waals surface area contributed by atoms with Gasteiger partial charge in [0.2, 0.25) is 5.91 Å². The van der Waals surface area contributed by atoms with Crippen LogP contribution in [0.25, 0.3) is 0 Å². The maximum atomic E-state index is 13.8. The average molecular weight is 432 g/mol.